The lowest BCUT2D eigenvalue weighted by Gasteiger charge is -2.39. The number of para-hydroxylation sites is 8. The van der Waals surface area contributed by atoms with Gasteiger partial charge in [0.15, 0.2) is 0 Å². The van der Waals surface area contributed by atoms with Crippen molar-refractivity contribution in [1.29, 1.82) is 0 Å². The quantitative estimate of drug-likeness (QED) is 0.103. The van der Waals surface area contributed by atoms with Crippen molar-refractivity contribution >= 4 is 121 Å². The van der Waals surface area contributed by atoms with Gasteiger partial charge in [-0.15, -0.1) is 0 Å². The lowest BCUT2D eigenvalue weighted by molar-refractivity contribution is 0.346. The summed E-state index contributed by atoms with van der Waals surface area (Å²) in [6.07, 6.45) is 7.82. The SMILES string of the molecule is Cc1cc(-n2c3ccccc3c3ccccc32)ccc1-c1ccc(-n2c3ccccc3c3ccccc32)cc1C.Cc1ccc(N(c2ccc(C)cc2)c2ccc(C3(c4ccc(N(c5ccc(C)cc5)c5ccc(C)cc5)cc4)CCCCC3)cc2)cc1.c1cc(-c2cc(-c3cccc(-n4c5ccccc5c5ccccc54)c3)ncn2)cc(-n2c3ccccc3c3ccccc32)c1. The Hall–Kier alpha value is -16.2. The molecule has 8 nitrogen and oxygen atoms in total. The van der Waals surface area contributed by atoms with Crippen LogP contribution >= 0.6 is 0 Å². The molecule has 0 N–H and O–H groups in total. The molecular formula is C124H100N8. The smallest absolute Gasteiger partial charge is 0.116 e. The van der Waals surface area contributed by atoms with Gasteiger partial charge in [-0.05, 0) is 264 Å². The normalized spacial score (nSPS) is 12.5. The highest BCUT2D eigenvalue weighted by Gasteiger charge is 2.36. The van der Waals surface area contributed by atoms with Gasteiger partial charge in [-0.2, -0.15) is 0 Å². The van der Waals surface area contributed by atoms with E-state index in [9.17, 15) is 0 Å². The Morgan fingerprint density at radius 1 is 0.220 bits per heavy atom. The van der Waals surface area contributed by atoms with Crippen LogP contribution in [0.3, 0.4) is 0 Å². The lowest BCUT2D eigenvalue weighted by atomic mass is 9.65. The van der Waals surface area contributed by atoms with Gasteiger partial charge in [0.25, 0.3) is 0 Å². The fraction of sp³-hybridized carbons (Fsp3) is 0.0968. The summed E-state index contributed by atoms with van der Waals surface area (Å²) in [4.78, 5) is 14.2. The van der Waals surface area contributed by atoms with Gasteiger partial charge in [0.05, 0.1) is 55.5 Å². The maximum absolute atomic E-state index is 4.71. The molecule has 0 saturated heterocycles. The van der Waals surface area contributed by atoms with Crippen molar-refractivity contribution in [3.8, 4) is 56.4 Å². The summed E-state index contributed by atoms with van der Waals surface area (Å²) in [6, 6.07) is 157. The van der Waals surface area contributed by atoms with E-state index < -0.39 is 0 Å². The number of aryl methyl sites for hydroxylation is 6. The van der Waals surface area contributed by atoms with E-state index >= 15 is 0 Å². The van der Waals surface area contributed by atoms with E-state index in [0.717, 1.165) is 33.9 Å². The average molecular weight is 1700 g/mol. The van der Waals surface area contributed by atoms with Crippen LogP contribution in [0, 0.1) is 41.5 Å². The molecular weight excluding hydrogens is 1600 g/mol. The van der Waals surface area contributed by atoms with Crippen LogP contribution in [0.15, 0.2) is 437 Å². The number of hydrogen-bond donors (Lipinski definition) is 0. The maximum atomic E-state index is 4.71. The Bertz CT molecular complexity index is 7450. The summed E-state index contributed by atoms with van der Waals surface area (Å²) in [5.41, 5.74) is 38.2. The van der Waals surface area contributed by atoms with Gasteiger partial charge >= 0.3 is 0 Å². The third-order valence-corrected chi connectivity index (χ3v) is 27.2. The fourth-order valence-corrected chi connectivity index (χ4v) is 20.7. The van der Waals surface area contributed by atoms with E-state index in [1.165, 1.54) is 220 Å². The van der Waals surface area contributed by atoms with Gasteiger partial charge in [0.1, 0.15) is 6.33 Å². The first-order chi connectivity index (χ1) is 64.9. The molecule has 0 aliphatic heterocycles. The summed E-state index contributed by atoms with van der Waals surface area (Å²) in [7, 11) is 0. The molecule has 1 aliphatic carbocycles. The van der Waals surface area contributed by atoms with E-state index in [-0.39, 0.29) is 5.41 Å². The van der Waals surface area contributed by atoms with E-state index in [0.29, 0.717) is 0 Å². The Morgan fingerprint density at radius 2 is 0.462 bits per heavy atom. The molecule has 636 valence electrons. The maximum Gasteiger partial charge on any atom is 0.116 e. The van der Waals surface area contributed by atoms with Crippen LogP contribution in [0.4, 0.5) is 34.1 Å². The topological polar surface area (TPSA) is 52.0 Å². The standard InChI is InChI=1S/C46H46N2.C40H26N4.C38H28N2/c1-34-8-20-40(21-9-34)47(41-22-10-35(2)11-23-41)44-28-16-38(17-29-44)46(32-6-5-7-33-46)39-18-30-45(31-19-39)48(42-24-12-36(3)13-25-42)43-26-14-37(4)15-27-43;1-5-19-37-31(15-1)32-16-2-6-20-38(32)43(37)29-13-9-11-27(23-29)35-25-36(42-26-41-35)28-12-10-14-30(24-28)44-39-21-7-3-17-33(39)34-18-4-8-22-40(34)44;1-25-23-27(39-35-15-7-3-11-31(35)32-12-4-8-16-36(32)39)19-21-29(25)30-22-20-28(24-26(30)2)40-37-17-9-5-13-33(37)34-14-6-10-18-38(34)40/h8-31H,5-7,32-33H2,1-4H3;1-26H;3-24H,1-2H3. The van der Waals surface area contributed by atoms with Crippen molar-refractivity contribution in [3.05, 3.63) is 482 Å². The lowest BCUT2D eigenvalue weighted by Crippen LogP contribution is -2.30. The summed E-state index contributed by atoms with van der Waals surface area (Å²) in [5.74, 6) is 0. The van der Waals surface area contributed by atoms with Gasteiger partial charge in [0.2, 0.25) is 0 Å². The molecule has 24 rings (SSSR count). The third kappa shape index (κ3) is 15.1. The predicted octanol–water partition coefficient (Wildman–Crippen LogP) is 33.3. The van der Waals surface area contributed by atoms with E-state index in [4.69, 9.17) is 9.97 Å². The van der Waals surface area contributed by atoms with Gasteiger partial charge < -0.3 is 28.1 Å². The molecule has 5 heterocycles. The molecule has 0 atom stereocenters. The number of nitrogens with zero attached hydrogens (tertiary/aromatic N) is 8. The molecule has 8 heteroatoms. The zero-order valence-corrected chi connectivity index (χ0v) is 75.2. The van der Waals surface area contributed by atoms with Crippen LogP contribution in [0.2, 0.25) is 0 Å². The number of aromatic nitrogens is 6. The van der Waals surface area contributed by atoms with Crippen LogP contribution in [0.5, 0.6) is 0 Å². The second-order valence-corrected chi connectivity index (χ2v) is 35.6. The van der Waals surface area contributed by atoms with Gasteiger partial charge in [0, 0.05) is 117 Å². The van der Waals surface area contributed by atoms with Crippen molar-refractivity contribution < 1.29 is 0 Å². The molecule has 18 aromatic carbocycles. The minimum Gasteiger partial charge on any atom is -0.311 e. The number of fused-ring (bicyclic) bond motifs is 12. The highest BCUT2D eigenvalue weighted by molar-refractivity contribution is 6.13. The number of hydrogen-bond acceptors (Lipinski definition) is 4. The second kappa shape index (κ2) is 34.8. The van der Waals surface area contributed by atoms with Crippen molar-refractivity contribution in [2.45, 2.75) is 79.1 Å². The minimum atomic E-state index is 0.00636. The van der Waals surface area contributed by atoms with Crippen LogP contribution in [0.1, 0.15) is 76.6 Å². The number of anilines is 6. The van der Waals surface area contributed by atoms with Gasteiger partial charge in [-0.3, -0.25) is 0 Å². The highest BCUT2D eigenvalue weighted by atomic mass is 15.1. The first-order valence-corrected chi connectivity index (χ1v) is 46.2. The summed E-state index contributed by atoms with van der Waals surface area (Å²) in [5, 5.41) is 10.2. The molecule has 5 aromatic heterocycles. The Kier molecular flexibility index (Phi) is 21.5. The Balaban J connectivity index is 0.000000116. The molecule has 1 saturated carbocycles. The molecule has 0 unspecified atom stereocenters. The monoisotopic (exact) mass is 1700 g/mol. The largest absolute Gasteiger partial charge is 0.311 e. The Labute approximate surface area is 771 Å². The van der Waals surface area contributed by atoms with E-state index in [2.05, 4.69) is 500 Å². The first kappa shape index (κ1) is 81.6. The summed E-state index contributed by atoms with van der Waals surface area (Å²) in [6.45, 7) is 13.0. The Morgan fingerprint density at radius 3 is 0.720 bits per heavy atom. The molecule has 23 aromatic rings. The highest BCUT2D eigenvalue weighted by Crippen LogP contribution is 2.49. The van der Waals surface area contributed by atoms with Crippen LogP contribution in [-0.2, 0) is 5.41 Å². The van der Waals surface area contributed by atoms with Crippen molar-refractivity contribution in [2.75, 3.05) is 9.80 Å². The summed E-state index contributed by atoms with van der Waals surface area (Å²) >= 11 is 0. The molecule has 0 spiro atoms. The molecule has 132 heavy (non-hydrogen) atoms. The first-order valence-electron chi connectivity index (χ1n) is 46.2. The number of benzene rings is 18. The van der Waals surface area contributed by atoms with Gasteiger partial charge in [-0.25, -0.2) is 9.97 Å². The second-order valence-electron chi connectivity index (χ2n) is 35.6. The van der Waals surface area contributed by atoms with Crippen molar-refractivity contribution in [3.63, 3.8) is 0 Å². The van der Waals surface area contributed by atoms with Crippen LogP contribution in [-0.4, -0.2) is 28.2 Å². The average Bonchev–Trinajstić information content (AvgIpc) is 1.50. The summed E-state index contributed by atoms with van der Waals surface area (Å²) < 4.78 is 9.45. The third-order valence-electron chi connectivity index (χ3n) is 27.2. The molecule has 0 amide bonds. The van der Waals surface area contributed by atoms with Crippen LogP contribution in [0.25, 0.3) is 144 Å². The molecule has 0 bridgehead atoms. The number of rotatable bonds is 15. The van der Waals surface area contributed by atoms with Crippen LogP contribution < -0.4 is 9.80 Å². The molecule has 1 fully saturated rings. The predicted molar refractivity (Wildman–Crippen MR) is 557 cm³/mol. The minimum absolute atomic E-state index is 0.00636. The van der Waals surface area contributed by atoms with Gasteiger partial charge in [-0.1, -0.05) is 296 Å². The van der Waals surface area contributed by atoms with E-state index in [1.54, 1.807) is 6.33 Å². The fourth-order valence-electron chi connectivity index (χ4n) is 20.7. The molecule has 1 aliphatic rings. The van der Waals surface area contributed by atoms with Crippen molar-refractivity contribution in [2.24, 2.45) is 0 Å². The zero-order valence-electron chi connectivity index (χ0n) is 75.2. The van der Waals surface area contributed by atoms with Crippen molar-refractivity contribution in [1.82, 2.24) is 28.2 Å². The van der Waals surface area contributed by atoms with E-state index in [1.807, 2.05) is 0 Å². The molecule has 0 radical (unpaired) electrons. The zero-order chi connectivity index (χ0) is 88.9.